The van der Waals surface area contributed by atoms with Gasteiger partial charge in [0.1, 0.15) is 18.1 Å². The fourth-order valence-corrected chi connectivity index (χ4v) is 5.32. The van der Waals surface area contributed by atoms with Gasteiger partial charge in [-0.25, -0.2) is 9.48 Å². The van der Waals surface area contributed by atoms with E-state index in [1.807, 2.05) is 30.3 Å². The molecule has 222 valence electrons. The summed E-state index contributed by atoms with van der Waals surface area (Å²) >= 11 is 0. The molecule has 0 saturated carbocycles. The summed E-state index contributed by atoms with van der Waals surface area (Å²) in [5, 5.41) is 11.4. The molecule has 0 radical (unpaired) electrons. The monoisotopic (exact) mass is 585 g/mol. The minimum absolute atomic E-state index is 0.0822. The van der Waals surface area contributed by atoms with Gasteiger partial charge in [-0.3, -0.25) is 9.59 Å². The molecule has 3 aromatic carbocycles. The maximum Gasteiger partial charge on any atom is 0.337 e. The lowest BCUT2D eigenvalue weighted by molar-refractivity contribution is -0.142. The Kier molecular flexibility index (Phi) is 8.18. The molecule has 0 aliphatic carbocycles. The van der Waals surface area contributed by atoms with Crippen molar-refractivity contribution < 1.29 is 33.3 Å². The van der Waals surface area contributed by atoms with E-state index in [0.717, 1.165) is 18.4 Å². The zero-order valence-electron chi connectivity index (χ0n) is 23.6. The standard InChI is InChI=1S/C31H31N5O7/c1-40-31(39)22-11-9-21(10-12-22)29(30(38)32-16-23-5-4-14-41-23)35(17-20-8-13-26-27(15-20)43-19-42-26)28(37)18-36-25-7-3-2-6-24(25)33-34-36/h2-3,6-13,15,23,29H,4-5,14,16-19H2,1H3,(H,32,38)/t23-,29-/m1/s1. The van der Waals surface area contributed by atoms with Crippen LogP contribution in [0.5, 0.6) is 11.5 Å². The molecular weight excluding hydrogens is 554 g/mol. The number of aromatic nitrogens is 3. The van der Waals surface area contributed by atoms with Crippen LogP contribution in [0.15, 0.2) is 66.7 Å². The molecule has 12 heteroatoms. The van der Waals surface area contributed by atoms with E-state index in [0.29, 0.717) is 46.8 Å². The number of nitrogens with zero attached hydrogens (tertiary/aromatic N) is 4. The molecule has 1 saturated heterocycles. The number of methoxy groups -OCH3 is 1. The first kappa shape index (κ1) is 28.2. The van der Waals surface area contributed by atoms with Crippen LogP contribution in [0.25, 0.3) is 11.0 Å². The fraction of sp³-hybridized carbons (Fsp3) is 0.323. The molecule has 0 unspecified atom stereocenters. The van der Waals surface area contributed by atoms with Gasteiger partial charge in [0.2, 0.25) is 18.6 Å². The predicted molar refractivity (Wildman–Crippen MR) is 153 cm³/mol. The number of fused-ring (bicyclic) bond motifs is 2. The van der Waals surface area contributed by atoms with E-state index < -0.39 is 12.0 Å². The molecule has 3 heterocycles. The third-order valence-electron chi connectivity index (χ3n) is 7.55. The zero-order valence-corrected chi connectivity index (χ0v) is 23.6. The van der Waals surface area contributed by atoms with Crippen molar-refractivity contribution in [2.75, 3.05) is 27.1 Å². The largest absolute Gasteiger partial charge is 0.465 e. The summed E-state index contributed by atoms with van der Waals surface area (Å²) in [6.07, 6.45) is 1.68. The topological polar surface area (TPSA) is 134 Å². The van der Waals surface area contributed by atoms with E-state index in [4.69, 9.17) is 18.9 Å². The number of hydrogen-bond acceptors (Lipinski definition) is 9. The Labute approximate surface area is 247 Å². The van der Waals surface area contributed by atoms with E-state index in [2.05, 4.69) is 15.6 Å². The second-order valence-corrected chi connectivity index (χ2v) is 10.3. The number of rotatable bonds is 10. The van der Waals surface area contributed by atoms with Crippen LogP contribution in [-0.2, 0) is 32.2 Å². The van der Waals surface area contributed by atoms with E-state index in [1.54, 1.807) is 36.4 Å². The summed E-state index contributed by atoms with van der Waals surface area (Å²) in [6, 6.07) is 18.2. The Bertz CT molecular complexity index is 1630. The molecule has 2 aliphatic heterocycles. The molecule has 1 N–H and O–H groups in total. The second-order valence-electron chi connectivity index (χ2n) is 10.3. The summed E-state index contributed by atoms with van der Waals surface area (Å²) in [6.45, 7) is 1.01. The van der Waals surface area contributed by atoms with Crippen LogP contribution in [0.3, 0.4) is 0 Å². The third-order valence-corrected chi connectivity index (χ3v) is 7.55. The van der Waals surface area contributed by atoms with Crippen molar-refractivity contribution in [2.24, 2.45) is 0 Å². The molecule has 43 heavy (non-hydrogen) atoms. The SMILES string of the molecule is COC(=O)c1ccc([C@H](C(=O)NC[C@H]2CCCO2)N(Cc2ccc3c(c2)OCO3)C(=O)Cn2nnc3ccccc32)cc1. The highest BCUT2D eigenvalue weighted by Crippen LogP contribution is 2.34. The summed E-state index contributed by atoms with van der Waals surface area (Å²) in [5.74, 6) is -0.0623. The Morgan fingerprint density at radius 2 is 1.88 bits per heavy atom. The first-order valence-corrected chi connectivity index (χ1v) is 14.0. The van der Waals surface area contributed by atoms with Gasteiger partial charge in [-0.1, -0.05) is 35.5 Å². The molecule has 12 nitrogen and oxygen atoms in total. The molecule has 1 fully saturated rings. The van der Waals surface area contributed by atoms with Gasteiger partial charge in [0.15, 0.2) is 11.5 Å². The van der Waals surface area contributed by atoms with Crippen LogP contribution in [0.4, 0.5) is 0 Å². The van der Waals surface area contributed by atoms with Crippen molar-refractivity contribution >= 4 is 28.8 Å². The number of amides is 2. The van der Waals surface area contributed by atoms with Crippen molar-refractivity contribution in [2.45, 2.75) is 38.1 Å². The van der Waals surface area contributed by atoms with Crippen LogP contribution in [0.1, 0.15) is 40.4 Å². The molecule has 0 spiro atoms. The van der Waals surface area contributed by atoms with Crippen LogP contribution in [-0.4, -0.2) is 70.8 Å². The Morgan fingerprint density at radius 3 is 2.67 bits per heavy atom. The molecule has 2 aliphatic rings. The Hall–Kier alpha value is -4.97. The smallest absolute Gasteiger partial charge is 0.337 e. The minimum atomic E-state index is -1.04. The normalized spacial score (nSPS) is 16.2. The maximum atomic E-state index is 14.2. The van der Waals surface area contributed by atoms with Crippen LogP contribution in [0, 0.1) is 0 Å². The number of carbonyl (C=O) groups is 3. The number of esters is 1. The van der Waals surface area contributed by atoms with Gasteiger partial charge in [0.05, 0.1) is 24.3 Å². The van der Waals surface area contributed by atoms with E-state index in [1.165, 1.54) is 16.7 Å². The van der Waals surface area contributed by atoms with Crippen LogP contribution in [0.2, 0.25) is 0 Å². The van der Waals surface area contributed by atoms with E-state index in [-0.39, 0.29) is 37.8 Å². The average molecular weight is 586 g/mol. The average Bonchev–Trinajstić information content (AvgIpc) is 3.81. The number of hydrogen-bond donors (Lipinski definition) is 1. The second kappa shape index (κ2) is 12.5. The first-order chi connectivity index (χ1) is 21.0. The molecule has 4 aromatic rings. The highest BCUT2D eigenvalue weighted by Gasteiger charge is 2.33. The number of ether oxygens (including phenoxy) is 4. The molecule has 6 rings (SSSR count). The number of para-hydroxylation sites is 1. The summed E-state index contributed by atoms with van der Waals surface area (Å²) in [5.41, 5.74) is 2.94. The number of benzene rings is 3. The van der Waals surface area contributed by atoms with Crippen LogP contribution >= 0.6 is 0 Å². The molecule has 1 aromatic heterocycles. The number of nitrogens with one attached hydrogen (secondary N) is 1. The van der Waals surface area contributed by atoms with Gasteiger partial charge in [-0.05, 0) is 60.4 Å². The van der Waals surface area contributed by atoms with Crippen molar-refractivity contribution in [3.05, 3.63) is 83.4 Å². The van der Waals surface area contributed by atoms with Gasteiger partial charge >= 0.3 is 5.97 Å². The summed E-state index contributed by atoms with van der Waals surface area (Å²) in [7, 11) is 1.30. The third kappa shape index (κ3) is 6.14. The first-order valence-electron chi connectivity index (χ1n) is 14.0. The zero-order chi connectivity index (χ0) is 29.8. The van der Waals surface area contributed by atoms with E-state index in [9.17, 15) is 14.4 Å². The molecule has 2 atom stereocenters. The quantitative estimate of drug-likeness (QED) is 0.279. The van der Waals surface area contributed by atoms with Crippen molar-refractivity contribution in [3.8, 4) is 11.5 Å². The lowest BCUT2D eigenvalue weighted by Gasteiger charge is -2.32. The van der Waals surface area contributed by atoms with Crippen molar-refractivity contribution in [3.63, 3.8) is 0 Å². The van der Waals surface area contributed by atoms with Gasteiger partial charge in [-0.15, -0.1) is 5.10 Å². The lowest BCUT2D eigenvalue weighted by atomic mass is 10.0. The van der Waals surface area contributed by atoms with Gasteiger partial charge in [-0.2, -0.15) is 0 Å². The molecular formula is C31H31N5O7. The Balaban J connectivity index is 1.37. The molecule has 2 amide bonds. The summed E-state index contributed by atoms with van der Waals surface area (Å²) < 4.78 is 23.1. The minimum Gasteiger partial charge on any atom is -0.465 e. The molecule has 0 bridgehead atoms. The lowest BCUT2D eigenvalue weighted by Crippen LogP contribution is -2.46. The van der Waals surface area contributed by atoms with Gasteiger partial charge in [0, 0.05) is 19.7 Å². The highest BCUT2D eigenvalue weighted by molar-refractivity contribution is 5.91. The highest BCUT2D eigenvalue weighted by atomic mass is 16.7. The predicted octanol–water partition coefficient (Wildman–Crippen LogP) is 3.01. The van der Waals surface area contributed by atoms with Gasteiger partial charge in [0.25, 0.3) is 0 Å². The fourth-order valence-electron chi connectivity index (χ4n) is 5.32. The van der Waals surface area contributed by atoms with Crippen molar-refractivity contribution in [1.82, 2.24) is 25.2 Å². The van der Waals surface area contributed by atoms with E-state index >= 15 is 0 Å². The van der Waals surface area contributed by atoms with Crippen LogP contribution < -0.4 is 14.8 Å². The van der Waals surface area contributed by atoms with Gasteiger partial charge < -0.3 is 29.2 Å². The Morgan fingerprint density at radius 1 is 1.07 bits per heavy atom. The maximum absolute atomic E-state index is 14.2. The number of carbonyl (C=O) groups excluding carboxylic acids is 3. The van der Waals surface area contributed by atoms with Crippen molar-refractivity contribution in [1.29, 1.82) is 0 Å². The summed E-state index contributed by atoms with van der Waals surface area (Å²) in [4.78, 5) is 41.8.